The van der Waals surface area contributed by atoms with Crippen molar-refractivity contribution in [3.63, 3.8) is 0 Å². The van der Waals surface area contributed by atoms with Crippen LogP contribution < -0.4 is 22.5 Å². The monoisotopic (exact) mass is 351 g/mol. The van der Waals surface area contributed by atoms with Gasteiger partial charge in [-0.15, -0.1) is 0 Å². The third-order valence-electron chi connectivity index (χ3n) is 3.58. The van der Waals surface area contributed by atoms with E-state index in [0.717, 1.165) is 12.0 Å². The van der Waals surface area contributed by atoms with Gasteiger partial charge < -0.3 is 11.6 Å². The molecule has 0 atom stereocenters. The molecule has 1 heterocycles. The largest absolute Gasteiger partial charge is 0.368 e. The lowest BCUT2D eigenvalue weighted by molar-refractivity contribution is 0.667. The number of nitrogens with one attached hydrogen (secondary N) is 1. The quantitative estimate of drug-likeness (QED) is 0.356. The number of hydrogen-bond donors (Lipinski definition) is 3. The maximum atomic E-state index is 6.10. The van der Waals surface area contributed by atoms with Crippen molar-refractivity contribution < 1.29 is 0 Å². The number of nitrogen functional groups attached to an aromatic ring is 2. The van der Waals surface area contributed by atoms with Gasteiger partial charge >= 0.3 is 0 Å². The first kappa shape index (κ1) is 19.1. The van der Waals surface area contributed by atoms with E-state index in [9.17, 15) is 0 Å². The van der Waals surface area contributed by atoms with Crippen LogP contribution in [0.4, 0.5) is 5.95 Å². The molecule has 0 radical (unpaired) electrons. The average Bonchev–Trinajstić information content (AvgIpc) is 2.65. The fourth-order valence-corrected chi connectivity index (χ4v) is 2.28. The Balaban J connectivity index is 2.02. The summed E-state index contributed by atoms with van der Waals surface area (Å²) in [5.41, 5.74) is 8.26. The van der Waals surface area contributed by atoms with Gasteiger partial charge in [-0.2, -0.15) is 9.97 Å². The van der Waals surface area contributed by atoms with E-state index in [-0.39, 0.29) is 5.95 Å². The lowest BCUT2D eigenvalue weighted by Gasteiger charge is -2.09. The second kappa shape index (κ2) is 9.95. The molecule has 0 aliphatic carbocycles. The SMILES string of the molecule is C=C/C=C\C(=C)CNC/N=c1/nc(N)nc(CCc2ccccc2)n1N. The fourth-order valence-electron chi connectivity index (χ4n) is 2.28. The average molecular weight is 351 g/mol. The molecule has 7 nitrogen and oxygen atoms in total. The fraction of sp³-hybridized carbons (Fsp3) is 0.211. The van der Waals surface area contributed by atoms with E-state index >= 15 is 0 Å². The van der Waals surface area contributed by atoms with Crippen molar-refractivity contribution in [1.29, 1.82) is 0 Å². The molecular weight excluding hydrogens is 326 g/mol. The number of aromatic nitrogens is 3. The van der Waals surface area contributed by atoms with Gasteiger partial charge in [-0.1, -0.05) is 61.7 Å². The molecule has 0 saturated carbocycles. The summed E-state index contributed by atoms with van der Waals surface area (Å²) >= 11 is 0. The Kier molecular flexibility index (Phi) is 7.32. The topological polar surface area (TPSA) is 107 Å². The van der Waals surface area contributed by atoms with E-state index in [0.29, 0.717) is 31.1 Å². The van der Waals surface area contributed by atoms with Crippen LogP contribution in [0, 0.1) is 0 Å². The molecule has 26 heavy (non-hydrogen) atoms. The highest BCUT2D eigenvalue weighted by molar-refractivity contribution is 5.19. The molecule has 5 N–H and O–H groups in total. The highest BCUT2D eigenvalue weighted by atomic mass is 15.4. The van der Waals surface area contributed by atoms with E-state index in [2.05, 4.69) is 45.6 Å². The van der Waals surface area contributed by atoms with E-state index in [4.69, 9.17) is 11.6 Å². The Bertz CT molecular complexity index is 835. The Morgan fingerprint density at radius 2 is 2.00 bits per heavy atom. The molecule has 0 aliphatic heterocycles. The second-order valence-corrected chi connectivity index (χ2v) is 5.65. The maximum absolute atomic E-state index is 6.10. The van der Waals surface area contributed by atoms with Gasteiger partial charge in [0.05, 0.1) is 6.67 Å². The summed E-state index contributed by atoms with van der Waals surface area (Å²) in [6.45, 7) is 8.48. The van der Waals surface area contributed by atoms with Crippen LogP contribution in [0.3, 0.4) is 0 Å². The Morgan fingerprint density at radius 1 is 1.23 bits per heavy atom. The van der Waals surface area contributed by atoms with Crippen molar-refractivity contribution >= 4 is 5.95 Å². The summed E-state index contributed by atoms with van der Waals surface area (Å²) < 4.78 is 1.38. The molecule has 136 valence electrons. The van der Waals surface area contributed by atoms with Crippen molar-refractivity contribution in [3.05, 3.63) is 84.3 Å². The minimum atomic E-state index is 0.159. The molecule has 0 saturated heterocycles. The molecule has 0 spiro atoms. The van der Waals surface area contributed by atoms with Crippen LogP contribution in [0.2, 0.25) is 0 Å². The summed E-state index contributed by atoms with van der Waals surface area (Å²) in [5, 5.41) is 3.14. The number of hydrogen-bond acceptors (Lipinski definition) is 6. The first-order valence-corrected chi connectivity index (χ1v) is 8.32. The first-order chi connectivity index (χ1) is 12.6. The first-order valence-electron chi connectivity index (χ1n) is 8.32. The molecule has 2 rings (SSSR count). The van der Waals surface area contributed by atoms with Crippen LogP contribution >= 0.6 is 0 Å². The van der Waals surface area contributed by atoms with Crippen LogP contribution in [0.1, 0.15) is 11.4 Å². The molecule has 0 aliphatic rings. The van der Waals surface area contributed by atoms with Crippen LogP contribution in [-0.4, -0.2) is 27.9 Å². The molecule has 0 unspecified atom stereocenters. The van der Waals surface area contributed by atoms with Gasteiger partial charge in [-0.3, -0.25) is 5.32 Å². The lowest BCUT2D eigenvalue weighted by Crippen LogP contribution is -2.37. The standard InChI is InChI=1S/C19H25N7/c1-3-4-8-15(2)13-22-14-23-19-25-18(20)24-17(26(19)21)12-11-16-9-6-5-7-10-16/h3-10,22H,1-2,11-14,21H2,(H2,20,23,25)/b8-4-. The normalized spacial score (nSPS) is 11.8. The Labute approximate surface area is 153 Å². The number of anilines is 1. The number of nitrogens with two attached hydrogens (primary N) is 2. The molecule has 0 fully saturated rings. The predicted molar refractivity (Wildman–Crippen MR) is 105 cm³/mol. The summed E-state index contributed by atoms with van der Waals surface area (Å²) in [5.74, 6) is 6.90. The molecular formula is C19H25N7. The molecule has 7 heteroatoms. The zero-order valence-corrected chi connectivity index (χ0v) is 14.8. The third kappa shape index (κ3) is 6.03. The summed E-state index contributed by atoms with van der Waals surface area (Å²) in [4.78, 5) is 12.7. The number of benzene rings is 1. The van der Waals surface area contributed by atoms with Gasteiger partial charge in [0.25, 0.3) is 0 Å². The second-order valence-electron chi connectivity index (χ2n) is 5.65. The molecule has 2 aromatic rings. The lowest BCUT2D eigenvalue weighted by atomic mass is 10.1. The third-order valence-corrected chi connectivity index (χ3v) is 3.58. The molecule has 1 aromatic heterocycles. The van der Waals surface area contributed by atoms with Crippen LogP contribution in [0.15, 0.2) is 72.3 Å². The van der Waals surface area contributed by atoms with Gasteiger partial charge in [0.1, 0.15) is 5.82 Å². The molecule has 1 aromatic carbocycles. The summed E-state index contributed by atoms with van der Waals surface area (Å²) in [7, 11) is 0. The summed E-state index contributed by atoms with van der Waals surface area (Å²) in [6, 6.07) is 10.1. The van der Waals surface area contributed by atoms with Crippen LogP contribution in [0.5, 0.6) is 0 Å². The van der Waals surface area contributed by atoms with Crippen molar-refractivity contribution in [1.82, 2.24) is 20.0 Å². The van der Waals surface area contributed by atoms with Crippen LogP contribution in [0.25, 0.3) is 0 Å². The van der Waals surface area contributed by atoms with Gasteiger partial charge in [0, 0.05) is 13.0 Å². The van der Waals surface area contributed by atoms with E-state index in [1.807, 2.05) is 30.4 Å². The van der Waals surface area contributed by atoms with Crippen molar-refractivity contribution in [3.8, 4) is 0 Å². The van der Waals surface area contributed by atoms with E-state index < -0.39 is 0 Å². The van der Waals surface area contributed by atoms with Crippen LogP contribution in [-0.2, 0) is 12.8 Å². The van der Waals surface area contributed by atoms with Gasteiger partial charge in [0.15, 0.2) is 0 Å². The number of allylic oxidation sites excluding steroid dienone is 2. The number of nitrogens with zero attached hydrogens (tertiary/aromatic N) is 4. The number of rotatable bonds is 9. The Hall–Kier alpha value is -3.19. The van der Waals surface area contributed by atoms with Gasteiger partial charge in [0.2, 0.25) is 11.6 Å². The van der Waals surface area contributed by atoms with E-state index in [1.165, 1.54) is 10.2 Å². The number of aryl methyl sites for hydroxylation is 2. The van der Waals surface area contributed by atoms with E-state index in [1.54, 1.807) is 6.08 Å². The molecule has 0 amide bonds. The van der Waals surface area contributed by atoms with Crippen molar-refractivity contribution in [2.45, 2.75) is 12.8 Å². The smallest absolute Gasteiger partial charge is 0.249 e. The maximum Gasteiger partial charge on any atom is 0.249 e. The summed E-state index contributed by atoms with van der Waals surface area (Å²) in [6.07, 6.45) is 6.87. The van der Waals surface area contributed by atoms with Crippen molar-refractivity contribution in [2.75, 3.05) is 24.8 Å². The molecule has 0 bridgehead atoms. The van der Waals surface area contributed by atoms with Gasteiger partial charge in [-0.05, 0) is 17.6 Å². The highest BCUT2D eigenvalue weighted by Crippen LogP contribution is 2.04. The predicted octanol–water partition coefficient (Wildman–Crippen LogP) is 1.11. The Morgan fingerprint density at radius 3 is 2.73 bits per heavy atom. The van der Waals surface area contributed by atoms with Gasteiger partial charge in [-0.25, -0.2) is 9.67 Å². The minimum absolute atomic E-state index is 0.159. The highest BCUT2D eigenvalue weighted by Gasteiger charge is 2.05. The minimum Gasteiger partial charge on any atom is -0.368 e. The van der Waals surface area contributed by atoms with Crippen molar-refractivity contribution in [2.24, 2.45) is 4.99 Å². The zero-order valence-electron chi connectivity index (χ0n) is 14.8. The zero-order chi connectivity index (χ0) is 18.8.